The van der Waals surface area contributed by atoms with Gasteiger partial charge < -0.3 is 0 Å². The minimum atomic E-state index is 0.718. The Labute approximate surface area is 116 Å². The maximum Gasteiger partial charge on any atom is 0.129 e. The number of fused-ring (bicyclic) bond motifs is 1. The Morgan fingerprint density at radius 3 is 2.78 bits per heavy atom. The summed E-state index contributed by atoms with van der Waals surface area (Å²) in [6, 6.07) is 15.1. The van der Waals surface area contributed by atoms with E-state index in [1.807, 2.05) is 11.8 Å². The van der Waals surface area contributed by atoms with Crippen LogP contribution in [0.25, 0.3) is 10.8 Å². The van der Waals surface area contributed by atoms with Crippen molar-refractivity contribution in [1.29, 1.82) is 0 Å². The standard InChI is InChI=1S/C15H15NS2/c1-11-9-16-15(17-10-11)18-14-7-6-12-4-2-3-5-13(12)8-14/h2-8,11H,9-10H2,1H3. The molecule has 1 aliphatic rings. The Hall–Kier alpha value is -0.930. The van der Waals surface area contributed by atoms with E-state index in [4.69, 9.17) is 0 Å². The average Bonchev–Trinajstić information content (AvgIpc) is 2.41. The van der Waals surface area contributed by atoms with Crippen LogP contribution in [0.2, 0.25) is 0 Å². The maximum absolute atomic E-state index is 4.63. The summed E-state index contributed by atoms with van der Waals surface area (Å²) in [5, 5.41) is 2.60. The van der Waals surface area contributed by atoms with Crippen molar-refractivity contribution in [2.45, 2.75) is 11.8 Å². The van der Waals surface area contributed by atoms with Crippen LogP contribution in [0.5, 0.6) is 0 Å². The highest BCUT2D eigenvalue weighted by Crippen LogP contribution is 2.31. The lowest BCUT2D eigenvalue weighted by Crippen LogP contribution is -2.10. The normalized spacial score (nSPS) is 19.8. The van der Waals surface area contributed by atoms with E-state index >= 15 is 0 Å². The van der Waals surface area contributed by atoms with Gasteiger partial charge in [-0.05, 0) is 28.8 Å². The zero-order chi connectivity index (χ0) is 12.4. The Balaban J connectivity index is 1.82. The second-order valence-corrected chi connectivity index (χ2v) is 6.96. The minimum Gasteiger partial charge on any atom is -0.271 e. The number of rotatable bonds is 1. The van der Waals surface area contributed by atoms with Gasteiger partial charge in [0.1, 0.15) is 4.38 Å². The number of hydrogen-bond donors (Lipinski definition) is 0. The largest absolute Gasteiger partial charge is 0.271 e. The van der Waals surface area contributed by atoms with Crippen molar-refractivity contribution >= 4 is 38.7 Å². The van der Waals surface area contributed by atoms with Gasteiger partial charge in [-0.3, -0.25) is 4.99 Å². The first-order valence-electron chi connectivity index (χ1n) is 6.15. The molecule has 1 aliphatic heterocycles. The third-order valence-corrected chi connectivity index (χ3v) is 5.46. The van der Waals surface area contributed by atoms with E-state index in [1.54, 1.807) is 11.8 Å². The smallest absolute Gasteiger partial charge is 0.129 e. The van der Waals surface area contributed by atoms with Gasteiger partial charge in [0.05, 0.1) is 0 Å². The Morgan fingerprint density at radius 1 is 1.17 bits per heavy atom. The number of thioether (sulfide) groups is 2. The summed E-state index contributed by atoms with van der Waals surface area (Å²) in [6.45, 7) is 3.23. The molecule has 0 bridgehead atoms. The molecular weight excluding hydrogens is 258 g/mol. The quantitative estimate of drug-likeness (QED) is 0.748. The lowest BCUT2D eigenvalue weighted by atomic mass is 10.1. The van der Waals surface area contributed by atoms with Crippen LogP contribution >= 0.6 is 23.5 Å². The zero-order valence-corrected chi connectivity index (χ0v) is 11.9. The summed E-state index contributed by atoms with van der Waals surface area (Å²) in [6.07, 6.45) is 0. The Kier molecular flexibility index (Phi) is 3.62. The maximum atomic E-state index is 4.63. The highest BCUT2D eigenvalue weighted by Gasteiger charge is 2.13. The first kappa shape index (κ1) is 12.1. The molecule has 3 rings (SSSR count). The molecule has 1 heterocycles. The van der Waals surface area contributed by atoms with Crippen molar-refractivity contribution in [1.82, 2.24) is 0 Å². The van der Waals surface area contributed by atoms with Gasteiger partial charge in [0, 0.05) is 17.2 Å². The van der Waals surface area contributed by atoms with E-state index in [1.165, 1.54) is 25.8 Å². The molecule has 2 aromatic carbocycles. The van der Waals surface area contributed by atoms with Crippen LogP contribution in [0.15, 0.2) is 52.4 Å². The molecule has 92 valence electrons. The third kappa shape index (κ3) is 2.73. The lowest BCUT2D eigenvalue weighted by molar-refractivity contribution is 0.675. The number of aliphatic imine (C=N–C) groups is 1. The zero-order valence-electron chi connectivity index (χ0n) is 10.3. The molecule has 18 heavy (non-hydrogen) atoms. The summed E-state index contributed by atoms with van der Waals surface area (Å²) < 4.78 is 1.21. The fourth-order valence-corrected chi connectivity index (χ4v) is 4.03. The predicted molar refractivity (Wildman–Crippen MR) is 83.7 cm³/mol. The summed E-state index contributed by atoms with van der Waals surface area (Å²) in [7, 11) is 0. The molecule has 1 atom stereocenters. The molecule has 0 N–H and O–H groups in total. The fourth-order valence-electron chi connectivity index (χ4n) is 1.94. The van der Waals surface area contributed by atoms with Crippen molar-refractivity contribution in [3.8, 4) is 0 Å². The summed E-state index contributed by atoms with van der Waals surface area (Å²) in [5.74, 6) is 1.91. The second-order valence-electron chi connectivity index (χ2n) is 4.63. The predicted octanol–water partition coefficient (Wildman–Crippen LogP) is 4.67. The van der Waals surface area contributed by atoms with E-state index in [0.717, 1.165) is 12.5 Å². The summed E-state index contributed by atoms with van der Waals surface area (Å²) in [4.78, 5) is 5.91. The molecular formula is C15H15NS2. The molecule has 0 aromatic heterocycles. The van der Waals surface area contributed by atoms with Crippen molar-refractivity contribution in [3.05, 3.63) is 42.5 Å². The second kappa shape index (κ2) is 5.37. The molecule has 1 nitrogen and oxygen atoms in total. The highest BCUT2D eigenvalue weighted by atomic mass is 32.2. The topological polar surface area (TPSA) is 12.4 Å². The van der Waals surface area contributed by atoms with Crippen molar-refractivity contribution < 1.29 is 0 Å². The van der Waals surface area contributed by atoms with Gasteiger partial charge in [-0.2, -0.15) is 0 Å². The summed E-state index contributed by atoms with van der Waals surface area (Å²) >= 11 is 3.68. The Bertz CT molecular complexity index is 592. The molecule has 0 amide bonds. The van der Waals surface area contributed by atoms with Gasteiger partial charge in [0.25, 0.3) is 0 Å². The van der Waals surface area contributed by atoms with Crippen LogP contribution in [0.3, 0.4) is 0 Å². The van der Waals surface area contributed by atoms with Crippen LogP contribution in [0.1, 0.15) is 6.92 Å². The summed E-state index contributed by atoms with van der Waals surface area (Å²) in [5.41, 5.74) is 0. The van der Waals surface area contributed by atoms with Gasteiger partial charge >= 0.3 is 0 Å². The number of nitrogens with zero attached hydrogens (tertiary/aromatic N) is 1. The Morgan fingerprint density at radius 2 is 2.00 bits per heavy atom. The van der Waals surface area contributed by atoms with E-state index < -0.39 is 0 Å². The SMILES string of the molecule is CC1CN=C(Sc2ccc3ccccc3c2)SC1. The van der Waals surface area contributed by atoms with Gasteiger partial charge in [-0.15, -0.1) is 0 Å². The average molecular weight is 273 g/mol. The molecule has 0 saturated heterocycles. The first-order chi connectivity index (χ1) is 8.81. The molecule has 0 fully saturated rings. The minimum absolute atomic E-state index is 0.718. The van der Waals surface area contributed by atoms with Crippen molar-refractivity contribution in [2.24, 2.45) is 10.9 Å². The molecule has 0 spiro atoms. The van der Waals surface area contributed by atoms with Crippen LogP contribution < -0.4 is 0 Å². The third-order valence-electron chi connectivity index (χ3n) is 2.95. The molecule has 1 unspecified atom stereocenters. The van der Waals surface area contributed by atoms with Gasteiger partial charge in [-0.1, -0.05) is 60.8 Å². The number of hydrogen-bond acceptors (Lipinski definition) is 3. The van der Waals surface area contributed by atoms with Crippen LogP contribution in [-0.4, -0.2) is 16.7 Å². The highest BCUT2D eigenvalue weighted by molar-refractivity contribution is 8.38. The molecule has 0 radical (unpaired) electrons. The van der Waals surface area contributed by atoms with E-state index in [9.17, 15) is 0 Å². The number of benzene rings is 2. The van der Waals surface area contributed by atoms with Crippen molar-refractivity contribution in [3.63, 3.8) is 0 Å². The molecule has 2 aromatic rings. The van der Waals surface area contributed by atoms with E-state index in [2.05, 4.69) is 54.4 Å². The fraction of sp³-hybridized carbons (Fsp3) is 0.267. The lowest BCUT2D eigenvalue weighted by Gasteiger charge is -2.16. The van der Waals surface area contributed by atoms with Gasteiger partial charge in [0.2, 0.25) is 0 Å². The van der Waals surface area contributed by atoms with Crippen LogP contribution in [-0.2, 0) is 0 Å². The van der Waals surface area contributed by atoms with Crippen molar-refractivity contribution in [2.75, 3.05) is 12.3 Å². The van der Waals surface area contributed by atoms with E-state index in [0.29, 0.717) is 0 Å². The van der Waals surface area contributed by atoms with Gasteiger partial charge in [0.15, 0.2) is 0 Å². The molecule has 3 heteroatoms. The monoisotopic (exact) mass is 273 g/mol. The van der Waals surface area contributed by atoms with E-state index in [-0.39, 0.29) is 0 Å². The molecule has 0 saturated carbocycles. The van der Waals surface area contributed by atoms with Crippen LogP contribution in [0.4, 0.5) is 0 Å². The van der Waals surface area contributed by atoms with Gasteiger partial charge in [-0.25, -0.2) is 0 Å². The first-order valence-corrected chi connectivity index (χ1v) is 7.95. The molecule has 0 aliphatic carbocycles. The van der Waals surface area contributed by atoms with Crippen LogP contribution in [0, 0.1) is 5.92 Å².